The summed E-state index contributed by atoms with van der Waals surface area (Å²) in [5, 5.41) is 5.52. The van der Waals surface area contributed by atoms with Gasteiger partial charge in [0, 0.05) is 23.4 Å². The molecule has 1 aromatic heterocycles. The molecule has 2 aliphatic rings. The van der Waals surface area contributed by atoms with Gasteiger partial charge in [-0.25, -0.2) is 13.4 Å². The smallest absolute Gasteiger partial charge is 0.250 e. The molecule has 2 aromatic carbocycles. The summed E-state index contributed by atoms with van der Waals surface area (Å²) >= 11 is 6.56. The highest BCUT2D eigenvalue weighted by Gasteiger charge is 2.37. The van der Waals surface area contributed by atoms with Crippen LogP contribution in [0.1, 0.15) is 30.5 Å². The van der Waals surface area contributed by atoms with Crippen LogP contribution in [0.3, 0.4) is 0 Å². The summed E-state index contributed by atoms with van der Waals surface area (Å²) in [6.07, 6.45) is 0.403. The fraction of sp³-hybridized carbons (Fsp3) is 0.273. The molecule has 1 atom stereocenters. The first kappa shape index (κ1) is 20.1. The summed E-state index contributed by atoms with van der Waals surface area (Å²) in [6.45, 7) is 2.56. The van der Waals surface area contributed by atoms with E-state index in [0.29, 0.717) is 47.9 Å². The molecule has 0 saturated heterocycles. The van der Waals surface area contributed by atoms with Gasteiger partial charge < -0.3 is 9.47 Å². The molecular weight excluding hydrogens is 438 g/mol. The van der Waals surface area contributed by atoms with Crippen molar-refractivity contribution >= 4 is 38.2 Å². The van der Waals surface area contributed by atoms with Crippen LogP contribution in [-0.4, -0.2) is 42.5 Å². The lowest BCUT2D eigenvalue weighted by molar-refractivity contribution is 0.172. The number of pyridine rings is 1. The van der Waals surface area contributed by atoms with Gasteiger partial charge in [-0.2, -0.15) is 9.52 Å². The van der Waals surface area contributed by atoms with E-state index < -0.39 is 16.1 Å². The maximum absolute atomic E-state index is 12.8. The number of hydrogen-bond donors (Lipinski definition) is 0. The van der Waals surface area contributed by atoms with E-state index in [1.165, 1.54) is 4.41 Å². The number of hydrogen-bond acceptors (Lipinski definition) is 6. The van der Waals surface area contributed by atoms with E-state index in [1.54, 1.807) is 13.0 Å². The predicted octanol–water partition coefficient (Wildman–Crippen LogP) is 4.16. The molecule has 31 heavy (non-hydrogen) atoms. The van der Waals surface area contributed by atoms with E-state index in [4.69, 9.17) is 21.1 Å². The summed E-state index contributed by atoms with van der Waals surface area (Å²) in [7, 11) is -3.61. The van der Waals surface area contributed by atoms with Crippen molar-refractivity contribution in [2.24, 2.45) is 5.10 Å². The van der Waals surface area contributed by atoms with Crippen molar-refractivity contribution in [2.75, 3.05) is 19.0 Å². The molecule has 5 rings (SSSR count). The van der Waals surface area contributed by atoms with Crippen molar-refractivity contribution in [1.29, 1.82) is 0 Å². The standard InChI is InChI=1S/C22H20ClN3O4S/c1-2-31(27,28)26-19(12-18(25-26)14-6-4-3-5-7-14)16-10-15-11-20-21(30-9-8-29-20)13-17(15)24-22(16)23/h3-7,10-11,13,19H,2,8-9,12H2,1H3. The fourth-order valence-electron chi connectivity index (χ4n) is 3.85. The number of sulfonamides is 1. The van der Waals surface area contributed by atoms with Gasteiger partial charge in [0.1, 0.15) is 18.4 Å². The van der Waals surface area contributed by atoms with Gasteiger partial charge in [0.2, 0.25) is 10.0 Å². The summed E-state index contributed by atoms with van der Waals surface area (Å²) in [5.74, 6) is 1.20. The Morgan fingerprint density at radius 3 is 2.52 bits per heavy atom. The summed E-state index contributed by atoms with van der Waals surface area (Å²) in [4.78, 5) is 4.53. The third-order valence-electron chi connectivity index (χ3n) is 5.45. The molecule has 3 aromatic rings. The number of rotatable bonds is 4. The molecule has 1 unspecified atom stereocenters. The van der Waals surface area contributed by atoms with Crippen molar-refractivity contribution in [1.82, 2.24) is 9.40 Å². The Kier molecular flexibility index (Phi) is 4.98. The fourth-order valence-corrected chi connectivity index (χ4v) is 5.19. The van der Waals surface area contributed by atoms with Gasteiger partial charge in [0.15, 0.2) is 11.5 Å². The predicted molar refractivity (Wildman–Crippen MR) is 119 cm³/mol. The topological polar surface area (TPSA) is 81.1 Å². The average molecular weight is 458 g/mol. The van der Waals surface area contributed by atoms with Gasteiger partial charge in [0.25, 0.3) is 0 Å². The Labute approximate surface area is 185 Å². The van der Waals surface area contributed by atoms with E-state index in [2.05, 4.69) is 10.1 Å². The van der Waals surface area contributed by atoms with E-state index >= 15 is 0 Å². The lowest BCUT2D eigenvalue weighted by Gasteiger charge is -2.24. The number of ether oxygens (including phenoxy) is 2. The van der Waals surface area contributed by atoms with Crippen LogP contribution in [0.25, 0.3) is 10.9 Å². The molecule has 0 aliphatic carbocycles. The monoisotopic (exact) mass is 457 g/mol. The second kappa shape index (κ2) is 7.69. The molecule has 0 radical (unpaired) electrons. The lowest BCUT2D eigenvalue weighted by Crippen LogP contribution is -2.28. The minimum absolute atomic E-state index is 0.0631. The molecule has 9 heteroatoms. The number of hydrazone groups is 1. The second-order valence-corrected chi connectivity index (χ2v) is 9.84. The highest BCUT2D eigenvalue weighted by molar-refractivity contribution is 7.89. The highest BCUT2D eigenvalue weighted by Crippen LogP contribution is 2.41. The third kappa shape index (κ3) is 3.59. The zero-order chi connectivity index (χ0) is 21.6. The van der Waals surface area contributed by atoms with Gasteiger partial charge in [-0.3, -0.25) is 0 Å². The van der Waals surface area contributed by atoms with Gasteiger partial charge in [-0.1, -0.05) is 41.9 Å². The number of benzene rings is 2. The van der Waals surface area contributed by atoms with Gasteiger partial charge in [-0.15, -0.1) is 0 Å². The summed E-state index contributed by atoms with van der Waals surface area (Å²) < 4.78 is 38.2. The van der Waals surface area contributed by atoms with Crippen LogP contribution >= 0.6 is 11.6 Å². The molecule has 7 nitrogen and oxygen atoms in total. The summed E-state index contributed by atoms with van der Waals surface area (Å²) in [5.41, 5.74) is 2.84. The Balaban J connectivity index is 1.61. The van der Waals surface area contributed by atoms with Crippen LogP contribution in [0.5, 0.6) is 11.5 Å². The molecule has 0 amide bonds. The van der Waals surface area contributed by atoms with Crippen LogP contribution in [0.4, 0.5) is 0 Å². The number of nitrogens with zero attached hydrogens (tertiary/aromatic N) is 3. The van der Waals surface area contributed by atoms with E-state index in [-0.39, 0.29) is 10.9 Å². The van der Waals surface area contributed by atoms with Crippen molar-refractivity contribution < 1.29 is 17.9 Å². The van der Waals surface area contributed by atoms with Gasteiger partial charge in [-0.05, 0) is 24.6 Å². The molecule has 0 N–H and O–H groups in total. The molecule has 160 valence electrons. The van der Waals surface area contributed by atoms with Gasteiger partial charge in [0.05, 0.1) is 23.0 Å². The zero-order valence-corrected chi connectivity index (χ0v) is 18.4. The van der Waals surface area contributed by atoms with Crippen LogP contribution in [0.15, 0.2) is 53.6 Å². The van der Waals surface area contributed by atoms with Crippen molar-refractivity contribution in [3.05, 3.63) is 64.8 Å². The van der Waals surface area contributed by atoms with E-state index in [9.17, 15) is 8.42 Å². The van der Waals surface area contributed by atoms with Crippen LogP contribution in [-0.2, 0) is 10.0 Å². The first-order valence-electron chi connectivity index (χ1n) is 10.0. The van der Waals surface area contributed by atoms with Crippen molar-refractivity contribution in [3.8, 4) is 11.5 Å². The molecule has 0 saturated carbocycles. The average Bonchev–Trinajstić information content (AvgIpc) is 3.24. The van der Waals surface area contributed by atoms with Crippen LogP contribution in [0.2, 0.25) is 5.15 Å². The molecule has 0 bridgehead atoms. The third-order valence-corrected chi connectivity index (χ3v) is 7.39. The second-order valence-electron chi connectivity index (χ2n) is 7.36. The number of aromatic nitrogens is 1. The molecule has 0 fully saturated rings. The SMILES string of the molecule is CCS(=O)(=O)N1N=C(c2ccccc2)CC1c1cc2cc3c(cc2nc1Cl)OCCO3. The maximum Gasteiger partial charge on any atom is 0.250 e. The Morgan fingerprint density at radius 2 is 1.81 bits per heavy atom. The van der Waals surface area contributed by atoms with Crippen molar-refractivity contribution in [2.45, 2.75) is 19.4 Å². The first-order chi connectivity index (χ1) is 15.0. The molecule has 2 aliphatic heterocycles. The van der Waals surface area contributed by atoms with Crippen molar-refractivity contribution in [3.63, 3.8) is 0 Å². The number of halogens is 1. The lowest BCUT2D eigenvalue weighted by atomic mass is 9.99. The first-order valence-corrected chi connectivity index (χ1v) is 12.0. The van der Waals surface area contributed by atoms with E-state index in [1.807, 2.05) is 42.5 Å². The quantitative estimate of drug-likeness (QED) is 0.549. The Bertz CT molecular complexity index is 1300. The highest BCUT2D eigenvalue weighted by atomic mass is 35.5. The zero-order valence-electron chi connectivity index (χ0n) is 16.8. The maximum atomic E-state index is 12.8. The van der Waals surface area contributed by atoms with Gasteiger partial charge >= 0.3 is 0 Å². The Morgan fingerprint density at radius 1 is 1.10 bits per heavy atom. The van der Waals surface area contributed by atoms with Crippen LogP contribution in [0, 0.1) is 0 Å². The largest absolute Gasteiger partial charge is 0.486 e. The minimum Gasteiger partial charge on any atom is -0.486 e. The van der Waals surface area contributed by atoms with E-state index in [0.717, 1.165) is 10.9 Å². The normalized spacial score (nSPS) is 18.3. The molecule has 3 heterocycles. The minimum atomic E-state index is -3.61. The summed E-state index contributed by atoms with van der Waals surface area (Å²) in [6, 6.07) is 14.5. The molecular formula is C22H20ClN3O4S. The number of fused-ring (bicyclic) bond motifs is 2. The van der Waals surface area contributed by atoms with Crippen LogP contribution < -0.4 is 9.47 Å². The molecule has 0 spiro atoms. The Hall–Kier alpha value is -2.84.